The molecule has 0 unspecified atom stereocenters. The Morgan fingerprint density at radius 3 is 2.04 bits per heavy atom. The molecule has 138 valence electrons. The molecule has 0 aliphatic rings. The van der Waals surface area contributed by atoms with Crippen molar-refractivity contribution in [2.75, 3.05) is 6.61 Å². The molecule has 0 bridgehead atoms. The lowest BCUT2D eigenvalue weighted by atomic mass is 10.1. The van der Waals surface area contributed by atoms with Crippen molar-refractivity contribution in [1.29, 1.82) is 0 Å². The molecule has 2 rings (SSSR count). The summed E-state index contributed by atoms with van der Waals surface area (Å²) < 4.78 is 56.4. The van der Waals surface area contributed by atoms with Gasteiger partial charge in [-0.3, -0.25) is 20.4 Å². The van der Waals surface area contributed by atoms with Crippen molar-refractivity contribution in [2.24, 2.45) is 0 Å². The molecule has 0 fully saturated rings. The van der Waals surface area contributed by atoms with E-state index in [1.165, 1.54) is 12.1 Å². The van der Waals surface area contributed by atoms with Gasteiger partial charge < -0.3 is 4.74 Å². The molecular formula is C17H14F4N2O3. The molecule has 2 amide bonds. The van der Waals surface area contributed by atoms with Crippen LogP contribution in [0, 0.1) is 5.82 Å². The lowest BCUT2D eigenvalue weighted by molar-refractivity contribution is -0.140. The van der Waals surface area contributed by atoms with Crippen molar-refractivity contribution < 1.29 is 31.9 Å². The predicted molar refractivity (Wildman–Crippen MR) is 83.9 cm³/mol. The van der Waals surface area contributed by atoms with E-state index >= 15 is 0 Å². The Balaban J connectivity index is 2.03. The average molecular weight is 370 g/mol. The van der Waals surface area contributed by atoms with E-state index in [1.54, 1.807) is 19.1 Å². The number of hydrogen-bond donors (Lipinski definition) is 2. The Kier molecular flexibility index (Phi) is 5.81. The SMILES string of the molecule is CCOc1ccc(C(=O)NNC(=O)c2ccc(F)c(C(F)(F)F)c2)cc1. The standard InChI is InChI=1S/C17H14F4N2O3/c1-2-26-12-6-3-10(4-7-12)15(24)22-23-16(25)11-5-8-14(18)13(9-11)17(19,20)21/h3-9H,2H2,1H3,(H,22,24)(H,23,25). The van der Waals surface area contributed by atoms with Gasteiger partial charge in [0.25, 0.3) is 11.8 Å². The number of carbonyl (C=O) groups excluding carboxylic acids is 2. The highest BCUT2D eigenvalue weighted by atomic mass is 19.4. The molecule has 2 N–H and O–H groups in total. The van der Waals surface area contributed by atoms with Crippen LogP contribution in [0.15, 0.2) is 42.5 Å². The molecule has 9 heteroatoms. The summed E-state index contributed by atoms with van der Waals surface area (Å²) in [5.74, 6) is -2.64. The minimum absolute atomic E-state index is 0.198. The van der Waals surface area contributed by atoms with Gasteiger partial charge in [-0.2, -0.15) is 13.2 Å². The molecule has 2 aromatic rings. The Bertz CT molecular complexity index is 805. The fraction of sp³-hybridized carbons (Fsp3) is 0.176. The second kappa shape index (κ2) is 7.85. The van der Waals surface area contributed by atoms with Crippen LogP contribution in [0.25, 0.3) is 0 Å². The summed E-state index contributed by atoms with van der Waals surface area (Å²) in [7, 11) is 0. The van der Waals surface area contributed by atoms with Crippen molar-refractivity contribution in [1.82, 2.24) is 10.9 Å². The first-order valence-electron chi connectivity index (χ1n) is 7.42. The summed E-state index contributed by atoms with van der Waals surface area (Å²) in [6.45, 7) is 2.26. The molecule has 0 aliphatic heterocycles. The summed E-state index contributed by atoms with van der Waals surface area (Å²) >= 11 is 0. The third-order valence-corrected chi connectivity index (χ3v) is 3.25. The number of benzene rings is 2. The third-order valence-electron chi connectivity index (χ3n) is 3.25. The van der Waals surface area contributed by atoms with Gasteiger partial charge in [0.05, 0.1) is 12.2 Å². The van der Waals surface area contributed by atoms with Crippen LogP contribution in [-0.4, -0.2) is 18.4 Å². The number of alkyl halides is 3. The topological polar surface area (TPSA) is 67.4 Å². The lowest BCUT2D eigenvalue weighted by Crippen LogP contribution is -2.41. The van der Waals surface area contributed by atoms with Gasteiger partial charge in [0.1, 0.15) is 11.6 Å². The van der Waals surface area contributed by atoms with Crippen molar-refractivity contribution >= 4 is 11.8 Å². The molecular weight excluding hydrogens is 356 g/mol. The number of amides is 2. The molecule has 2 aromatic carbocycles. The monoisotopic (exact) mass is 370 g/mol. The van der Waals surface area contributed by atoms with Gasteiger partial charge in [-0.15, -0.1) is 0 Å². The van der Waals surface area contributed by atoms with E-state index in [0.717, 1.165) is 6.07 Å². The minimum atomic E-state index is -4.94. The van der Waals surface area contributed by atoms with Crippen LogP contribution in [0.3, 0.4) is 0 Å². The highest BCUT2D eigenvalue weighted by Crippen LogP contribution is 2.31. The maximum Gasteiger partial charge on any atom is 0.419 e. The molecule has 0 atom stereocenters. The van der Waals surface area contributed by atoms with Crippen LogP contribution in [0.4, 0.5) is 17.6 Å². The molecule has 0 saturated carbocycles. The Hall–Kier alpha value is -3.10. The average Bonchev–Trinajstić information content (AvgIpc) is 2.59. The van der Waals surface area contributed by atoms with Gasteiger partial charge in [0.15, 0.2) is 0 Å². The molecule has 26 heavy (non-hydrogen) atoms. The number of hydrogen-bond acceptors (Lipinski definition) is 3. The zero-order valence-electron chi connectivity index (χ0n) is 13.5. The first-order chi connectivity index (χ1) is 12.2. The van der Waals surface area contributed by atoms with E-state index in [0.29, 0.717) is 24.5 Å². The van der Waals surface area contributed by atoms with Crippen molar-refractivity contribution in [3.8, 4) is 5.75 Å². The smallest absolute Gasteiger partial charge is 0.419 e. The summed E-state index contributed by atoms with van der Waals surface area (Å²) in [5.41, 5.74) is 2.22. The zero-order valence-corrected chi connectivity index (χ0v) is 13.5. The first-order valence-corrected chi connectivity index (χ1v) is 7.42. The largest absolute Gasteiger partial charge is 0.494 e. The van der Waals surface area contributed by atoms with Gasteiger partial charge in [-0.25, -0.2) is 4.39 Å². The Morgan fingerprint density at radius 2 is 1.50 bits per heavy atom. The number of halogens is 4. The van der Waals surface area contributed by atoms with E-state index < -0.39 is 34.9 Å². The van der Waals surface area contributed by atoms with Gasteiger partial charge >= 0.3 is 6.18 Å². The lowest BCUT2D eigenvalue weighted by Gasteiger charge is -2.11. The van der Waals surface area contributed by atoms with E-state index in [-0.39, 0.29) is 5.56 Å². The minimum Gasteiger partial charge on any atom is -0.494 e. The van der Waals surface area contributed by atoms with Crippen LogP contribution < -0.4 is 15.6 Å². The molecule has 5 nitrogen and oxygen atoms in total. The maximum absolute atomic E-state index is 13.2. The van der Waals surface area contributed by atoms with E-state index in [2.05, 4.69) is 5.43 Å². The van der Waals surface area contributed by atoms with Crippen LogP contribution in [0.1, 0.15) is 33.2 Å². The summed E-state index contributed by atoms with van der Waals surface area (Å²) in [4.78, 5) is 23.8. The second-order valence-electron chi connectivity index (χ2n) is 5.06. The van der Waals surface area contributed by atoms with Crippen LogP contribution in [0.5, 0.6) is 5.75 Å². The highest BCUT2D eigenvalue weighted by Gasteiger charge is 2.34. The fourth-order valence-electron chi connectivity index (χ4n) is 2.01. The molecule has 0 aromatic heterocycles. The van der Waals surface area contributed by atoms with E-state index in [1.807, 2.05) is 5.43 Å². The maximum atomic E-state index is 13.2. The summed E-state index contributed by atoms with van der Waals surface area (Å²) in [5, 5.41) is 0. The third kappa shape index (κ3) is 4.71. The molecule has 0 aliphatic carbocycles. The number of ether oxygens (including phenoxy) is 1. The van der Waals surface area contributed by atoms with Gasteiger partial charge in [0.2, 0.25) is 0 Å². The molecule has 0 heterocycles. The number of carbonyl (C=O) groups is 2. The fourth-order valence-corrected chi connectivity index (χ4v) is 2.01. The number of nitrogens with one attached hydrogen (secondary N) is 2. The number of hydrazine groups is 1. The zero-order chi connectivity index (χ0) is 19.3. The first kappa shape index (κ1) is 19.2. The van der Waals surface area contributed by atoms with Crippen molar-refractivity contribution in [2.45, 2.75) is 13.1 Å². The van der Waals surface area contributed by atoms with Crippen molar-refractivity contribution in [3.05, 3.63) is 65.0 Å². The quantitative estimate of drug-likeness (QED) is 0.641. The van der Waals surface area contributed by atoms with Crippen LogP contribution in [-0.2, 0) is 6.18 Å². The van der Waals surface area contributed by atoms with E-state index in [4.69, 9.17) is 4.74 Å². The molecule has 0 spiro atoms. The summed E-state index contributed by atoms with van der Waals surface area (Å²) in [6, 6.07) is 7.78. The van der Waals surface area contributed by atoms with Gasteiger partial charge in [0, 0.05) is 11.1 Å². The number of rotatable bonds is 4. The van der Waals surface area contributed by atoms with Gasteiger partial charge in [-0.1, -0.05) is 0 Å². The Morgan fingerprint density at radius 1 is 0.962 bits per heavy atom. The molecule has 0 saturated heterocycles. The normalized spacial score (nSPS) is 11.0. The van der Waals surface area contributed by atoms with E-state index in [9.17, 15) is 27.2 Å². The predicted octanol–water partition coefficient (Wildman–Crippen LogP) is 3.32. The summed E-state index contributed by atoms with van der Waals surface area (Å²) in [6.07, 6.45) is -4.94. The molecule has 0 radical (unpaired) electrons. The van der Waals surface area contributed by atoms with Crippen LogP contribution >= 0.6 is 0 Å². The highest BCUT2D eigenvalue weighted by molar-refractivity contribution is 5.99. The van der Waals surface area contributed by atoms with Crippen LogP contribution in [0.2, 0.25) is 0 Å². The van der Waals surface area contributed by atoms with Crippen molar-refractivity contribution in [3.63, 3.8) is 0 Å². The second-order valence-corrected chi connectivity index (χ2v) is 5.06. The Labute approximate surface area is 145 Å². The van der Waals surface area contributed by atoms with Gasteiger partial charge in [-0.05, 0) is 49.4 Å².